The highest BCUT2D eigenvalue weighted by molar-refractivity contribution is 6.03. The van der Waals surface area contributed by atoms with Crippen LogP contribution < -0.4 is 19.3 Å². The molecule has 0 aliphatic carbocycles. The normalized spacial score (nSPS) is 13.3. The van der Waals surface area contributed by atoms with Crippen molar-refractivity contribution in [2.75, 3.05) is 9.80 Å². The summed E-state index contributed by atoms with van der Waals surface area (Å²) in [6.07, 6.45) is 3.83. The van der Waals surface area contributed by atoms with Crippen molar-refractivity contribution in [2.24, 2.45) is 0 Å². The molecule has 8 aromatic rings. The van der Waals surface area contributed by atoms with Gasteiger partial charge in [-0.15, -0.1) is 0 Å². The Labute approximate surface area is 263 Å². The molecule has 3 aromatic heterocycles. The van der Waals surface area contributed by atoms with Crippen LogP contribution in [0.4, 0.5) is 34.1 Å². The molecule has 0 fully saturated rings. The Balaban J connectivity index is 1.40. The van der Waals surface area contributed by atoms with Crippen LogP contribution in [0.25, 0.3) is 22.3 Å². The first-order chi connectivity index (χ1) is 22.7. The Bertz CT molecular complexity index is 2280. The second kappa shape index (κ2) is 9.12. The number of para-hydroxylation sites is 8. The number of benzene rings is 5. The number of fused-ring (bicyclic) bond motifs is 10. The summed E-state index contributed by atoms with van der Waals surface area (Å²) in [6.45, 7) is 4.18. The third-order valence-corrected chi connectivity index (χ3v) is 8.98. The number of hydrogen-bond acceptors (Lipinski definition) is 6. The number of ether oxygens (including phenoxy) is 2. The molecule has 2 aliphatic heterocycles. The number of imidazole rings is 2. The second-order valence-corrected chi connectivity index (χ2v) is 11.7. The van der Waals surface area contributed by atoms with Crippen LogP contribution in [-0.2, 0) is 0 Å². The Morgan fingerprint density at radius 1 is 0.435 bits per heavy atom. The van der Waals surface area contributed by atoms with E-state index in [4.69, 9.17) is 19.4 Å². The van der Waals surface area contributed by atoms with Crippen molar-refractivity contribution in [1.82, 2.24) is 18.8 Å². The van der Waals surface area contributed by atoms with E-state index in [-0.39, 0.29) is 0 Å². The largest absolute Gasteiger partial charge is 0.453 e. The lowest BCUT2D eigenvalue weighted by atomic mass is 10.1. The molecule has 220 valence electrons. The van der Waals surface area contributed by atoms with Gasteiger partial charge in [-0.3, -0.25) is 8.80 Å². The monoisotopic (exact) mass is 598 g/mol. The fraction of sp³-hybridized carbons (Fsp3) is 0.0526. The maximum atomic E-state index is 6.45. The average Bonchev–Trinajstić information content (AvgIpc) is 3.68. The fourth-order valence-corrected chi connectivity index (χ4v) is 7.00. The van der Waals surface area contributed by atoms with E-state index in [9.17, 15) is 0 Å². The van der Waals surface area contributed by atoms with Crippen molar-refractivity contribution in [3.63, 3.8) is 0 Å². The van der Waals surface area contributed by atoms with Gasteiger partial charge in [0, 0.05) is 23.8 Å². The Morgan fingerprint density at radius 2 is 0.761 bits per heavy atom. The smallest absolute Gasteiger partial charge is 0.181 e. The van der Waals surface area contributed by atoms with Crippen LogP contribution in [0.3, 0.4) is 0 Å². The topological polar surface area (TPSA) is 59.5 Å². The van der Waals surface area contributed by atoms with Gasteiger partial charge in [0.05, 0.1) is 45.2 Å². The molecule has 0 bridgehead atoms. The molecule has 0 radical (unpaired) electrons. The standard InChI is InChI=1S/C38H26N6O2/c1-23-21-39-37-38-40-22-24(2)42(38)30-20-32(44-27-13-5-9-17-35(27)46-36-18-10-6-14-28(36)44)31(19-29(30)41(23)37)43-25-11-3-7-15-33(25)45-34-16-8-4-12-26(34)43/h3-22H,1-2H3. The highest BCUT2D eigenvalue weighted by Gasteiger charge is 2.33. The van der Waals surface area contributed by atoms with Crippen molar-refractivity contribution in [1.29, 1.82) is 0 Å². The van der Waals surface area contributed by atoms with E-state index in [0.717, 1.165) is 90.8 Å². The van der Waals surface area contributed by atoms with Crippen LogP contribution in [-0.4, -0.2) is 18.8 Å². The summed E-state index contributed by atoms with van der Waals surface area (Å²) >= 11 is 0. The highest BCUT2D eigenvalue weighted by Crippen LogP contribution is 2.57. The first kappa shape index (κ1) is 25.1. The fourth-order valence-electron chi connectivity index (χ4n) is 7.00. The molecule has 5 heterocycles. The van der Waals surface area contributed by atoms with Gasteiger partial charge in [0.15, 0.2) is 34.3 Å². The molecule has 8 heteroatoms. The van der Waals surface area contributed by atoms with Gasteiger partial charge in [0.2, 0.25) is 0 Å². The highest BCUT2D eigenvalue weighted by atomic mass is 16.5. The van der Waals surface area contributed by atoms with E-state index in [1.165, 1.54) is 0 Å². The zero-order chi connectivity index (χ0) is 30.5. The number of rotatable bonds is 2. The van der Waals surface area contributed by atoms with Crippen LogP contribution in [0, 0.1) is 13.8 Å². The zero-order valence-electron chi connectivity index (χ0n) is 25.0. The maximum Gasteiger partial charge on any atom is 0.181 e. The molecule has 0 amide bonds. The van der Waals surface area contributed by atoms with E-state index in [1.54, 1.807) is 0 Å². The summed E-state index contributed by atoms with van der Waals surface area (Å²) in [5, 5.41) is 0. The summed E-state index contributed by atoms with van der Waals surface area (Å²) in [7, 11) is 0. The quantitative estimate of drug-likeness (QED) is 0.197. The van der Waals surface area contributed by atoms with Gasteiger partial charge in [-0.2, -0.15) is 0 Å². The predicted octanol–water partition coefficient (Wildman–Crippen LogP) is 9.90. The van der Waals surface area contributed by atoms with E-state index in [1.807, 2.05) is 60.9 Å². The molecular formula is C38H26N6O2. The number of aryl methyl sites for hydroxylation is 2. The molecule has 8 nitrogen and oxygen atoms in total. The lowest BCUT2D eigenvalue weighted by molar-refractivity contribution is 0.476. The van der Waals surface area contributed by atoms with Gasteiger partial charge in [0.1, 0.15) is 0 Å². The average molecular weight is 599 g/mol. The molecule has 46 heavy (non-hydrogen) atoms. The summed E-state index contributed by atoms with van der Waals surface area (Å²) in [4.78, 5) is 14.3. The molecule has 0 N–H and O–H groups in total. The van der Waals surface area contributed by atoms with E-state index in [0.29, 0.717) is 0 Å². The van der Waals surface area contributed by atoms with Crippen molar-refractivity contribution >= 4 is 56.5 Å². The summed E-state index contributed by atoms with van der Waals surface area (Å²) in [5.74, 6) is 3.17. The third kappa shape index (κ3) is 3.32. The summed E-state index contributed by atoms with van der Waals surface area (Å²) in [5.41, 5.74) is 11.5. The van der Waals surface area contributed by atoms with Gasteiger partial charge in [-0.25, -0.2) is 9.97 Å². The minimum absolute atomic E-state index is 0.792. The Hall–Kier alpha value is -6.28. The van der Waals surface area contributed by atoms with Gasteiger partial charge < -0.3 is 19.3 Å². The third-order valence-electron chi connectivity index (χ3n) is 8.98. The SMILES string of the molecule is Cc1cnc2c3ncc(C)n3c3cc(N4c5ccccc5Oc5ccccc54)c(N4c5ccccc5Oc5ccccc54)cc3n12. The van der Waals surface area contributed by atoms with Crippen molar-refractivity contribution in [3.05, 3.63) is 133 Å². The van der Waals surface area contributed by atoms with Crippen LogP contribution in [0.2, 0.25) is 0 Å². The minimum Gasteiger partial charge on any atom is -0.453 e. The van der Waals surface area contributed by atoms with Crippen LogP contribution in [0.15, 0.2) is 122 Å². The van der Waals surface area contributed by atoms with Gasteiger partial charge in [-0.05, 0) is 74.5 Å². The lowest BCUT2D eigenvalue weighted by Crippen LogP contribution is -2.21. The van der Waals surface area contributed by atoms with Crippen LogP contribution in [0.5, 0.6) is 23.0 Å². The van der Waals surface area contributed by atoms with Gasteiger partial charge in [-0.1, -0.05) is 48.5 Å². The Kier molecular flexibility index (Phi) is 4.97. The molecule has 0 saturated carbocycles. The van der Waals surface area contributed by atoms with Crippen molar-refractivity contribution < 1.29 is 9.47 Å². The van der Waals surface area contributed by atoms with Gasteiger partial charge in [0.25, 0.3) is 0 Å². The lowest BCUT2D eigenvalue weighted by Gasteiger charge is -2.38. The first-order valence-electron chi connectivity index (χ1n) is 15.3. The van der Waals surface area contributed by atoms with Crippen LogP contribution >= 0.6 is 0 Å². The van der Waals surface area contributed by atoms with Crippen molar-refractivity contribution in [2.45, 2.75) is 13.8 Å². The van der Waals surface area contributed by atoms with Crippen LogP contribution in [0.1, 0.15) is 11.4 Å². The molecule has 0 spiro atoms. The van der Waals surface area contributed by atoms with E-state index in [2.05, 4.69) is 93.1 Å². The molecule has 0 unspecified atom stereocenters. The molecule has 10 rings (SSSR count). The van der Waals surface area contributed by atoms with E-state index >= 15 is 0 Å². The summed E-state index contributed by atoms with van der Waals surface area (Å²) < 4.78 is 17.3. The predicted molar refractivity (Wildman–Crippen MR) is 180 cm³/mol. The first-order valence-corrected chi connectivity index (χ1v) is 15.3. The molecular weight excluding hydrogens is 572 g/mol. The molecule has 2 aliphatic rings. The number of hydrogen-bond donors (Lipinski definition) is 0. The zero-order valence-corrected chi connectivity index (χ0v) is 25.0. The van der Waals surface area contributed by atoms with E-state index < -0.39 is 0 Å². The second-order valence-electron chi connectivity index (χ2n) is 11.7. The number of anilines is 6. The summed E-state index contributed by atoms with van der Waals surface area (Å²) in [6, 6.07) is 37.4. The Morgan fingerprint density at radius 3 is 1.11 bits per heavy atom. The number of aromatic nitrogens is 4. The maximum absolute atomic E-state index is 6.45. The number of nitrogens with zero attached hydrogens (tertiary/aromatic N) is 6. The van der Waals surface area contributed by atoms with Crippen molar-refractivity contribution in [3.8, 4) is 23.0 Å². The minimum atomic E-state index is 0.792. The molecule has 5 aromatic carbocycles. The molecule has 0 atom stereocenters. The molecule has 0 saturated heterocycles. The van der Waals surface area contributed by atoms with Gasteiger partial charge >= 0.3 is 0 Å².